The molecule has 0 saturated carbocycles. The lowest BCUT2D eigenvalue weighted by atomic mass is 10.1. The number of carbonyl (C=O) groups excluding carboxylic acids is 1. The van der Waals surface area contributed by atoms with Crippen molar-refractivity contribution < 1.29 is 27.9 Å². The van der Waals surface area contributed by atoms with Crippen molar-refractivity contribution in [2.24, 2.45) is 5.92 Å². The summed E-state index contributed by atoms with van der Waals surface area (Å²) in [5.41, 5.74) is 2.59. The van der Waals surface area contributed by atoms with Crippen molar-refractivity contribution in [2.75, 3.05) is 44.2 Å². The molecule has 11 nitrogen and oxygen atoms in total. The first-order valence-corrected chi connectivity index (χ1v) is 14.3. The van der Waals surface area contributed by atoms with Crippen LogP contribution in [0.2, 0.25) is 0 Å². The predicted octanol–water partition coefficient (Wildman–Crippen LogP) is 1.80. The summed E-state index contributed by atoms with van der Waals surface area (Å²) in [5, 5.41) is 20.6. The molecule has 1 fully saturated rings. The molecule has 1 unspecified atom stereocenters. The number of rotatable bonds is 10. The van der Waals surface area contributed by atoms with Gasteiger partial charge in [-0.05, 0) is 55.3 Å². The van der Waals surface area contributed by atoms with Crippen LogP contribution in [-0.4, -0.2) is 75.1 Å². The van der Waals surface area contributed by atoms with E-state index in [1.165, 1.54) is 4.31 Å². The zero-order valence-electron chi connectivity index (χ0n) is 22.7. The average molecular weight is 568 g/mol. The van der Waals surface area contributed by atoms with Gasteiger partial charge in [-0.3, -0.25) is 9.59 Å². The summed E-state index contributed by atoms with van der Waals surface area (Å²) < 4.78 is 34.5. The van der Waals surface area contributed by atoms with E-state index < -0.39 is 28.1 Å². The van der Waals surface area contributed by atoms with Crippen LogP contribution in [0.4, 0.5) is 5.69 Å². The van der Waals surface area contributed by atoms with Crippen LogP contribution in [-0.2, 0) is 15.0 Å². The molecule has 3 rings (SSSR count). The van der Waals surface area contributed by atoms with Crippen molar-refractivity contribution in [3.63, 3.8) is 0 Å². The highest BCUT2D eigenvalue weighted by atomic mass is 32.2. The Balaban J connectivity index is 1.65. The predicted molar refractivity (Wildman–Crippen MR) is 150 cm³/mol. The van der Waals surface area contributed by atoms with E-state index in [9.17, 15) is 23.1 Å². The van der Waals surface area contributed by atoms with E-state index in [1.54, 1.807) is 32.0 Å². The fraction of sp³-hybridized carbons (Fsp3) is 0.393. The number of carboxylic acid groups (broad SMARTS) is 1. The van der Waals surface area contributed by atoms with E-state index in [0.717, 1.165) is 11.3 Å². The minimum absolute atomic E-state index is 0.113. The largest absolute Gasteiger partial charge is 0.493 e. The van der Waals surface area contributed by atoms with Gasteiger partial charge in [0.15, 0.2) is 0 Å². The molecule has 0 spiro atoms. The molecule has 1 aliphatic rings. The molecule has 2 aromatic carbocycles. The molecule has 0 bridgehead atoms. The van der Waals surface area contributed by atoms with Crippen LogP contribution >= 0.6 is 0 Å². The number of nitrogens with zero attached hydrogens (tertiary/aromatic N) is 3. The zero-order chi connectivity index (χ0) is 29.3. The topological polar surface area (TPSA) is 152 Å². The number of amides is 1. The number of piperazine rings is 1. The lowest BCUT2D eigenvalue weighted by Crippen LogP contribution is -2.55. The molecule has 12 heteroatoms. The summed E-state index contributed by atoms with van der Waals surface area (Å²) in [6.45, 7) is 6.76. The molecular formula is C28H33N5O6S. The number of anilines is 1. The third kappa shape index (κ3) is 7.96. The first-order chi connectivity index (χ1) is 19.1. The number of benzene rings is 2. The Kier molecular flexibility index (Phi) is 10.5. The Bertz CT molecular complexity index is 1420. The summed E-state index contributed by atoms with van der Waals surface area (Å²) in [4.78, 5) is 25.9. The highest BCUT2D eigenvalue weighted by molar-refractivity contribution is 7.87. The van der Waals surface area contributed by atoms with Gasteiger partial charge < -0.3 is 20.1 Å². The van der Waals surface area contributed by atoms with E-state index in [-0.39, 0.29) is 25.6 Å². The van der Waals surface area contributed by atoms with E-state index in [1.807, 2.05) is 37.3 Å². The number of nitrogens with one attached hydrogen (secondary N) is 2. The molecule has 2 aromatic rings. The van der Waals surface area contributed by atoms with Crippen LogP contribution in [0.3, 0.4) is 0 Å². The van der Waals surface area contributed by atoms with Crippen LogP contribution in [0.5, 0.6) is 5.75 Å². The Hall–Kier alpha value is -4.10. The lowest BCUT2D eigenvalue weighted by molar-refractivity contribution is -0.140. The summed E-state index contributed by atoms with van der Waals surface area (Å²) >= 11 is 0. The van der Waals surface area contributed by atoms with Crippen LogP contribution in [0.15, 0.2) is 42.5 Å². The van der Waals surface area contributed by atoms with Gasteiger partial charge in [-0.15, -0.1) is 0 Å². The average Bonchev–Trinajstić information content (AvgIpc) is 2.94. The standard InChI is InChI=1S/C28H33N5O6S/c1-4-39-25-12-9-22(19-24(25)27(34)30-14-13-29)6-5-21-7-10-23(11-8-21)32-15-17-33(18-16-32)40(37,38)31-26(20(2)3)28(35)36/h7-12,19-20,26,31H,4,14-18H2,1-3H3,(H,30,34)(H,35,36). The van der Waals surface area contributed by atoms with Crippen LogP contribution in [0.25, 0.3) is 0 Å². The number of nitriles is 1. The molecule has 212 valence electrons. The molecule has 0 aromatic heterocycles. The second-order valence-electron chi connectivity index (χ2n) is 9.35. The summed E-state index contributed by atoms with van der Waals surface area (Å²) in [5.74, 6) is 4.53. The van der Waals surface area contributed by atoms with Crippen molar-refractivity contribution in [1.82, 2.24) is 14.3 Å². The third-order valence-corrected chi connectivity index (χ3v) is 7.82. The van der Waals surface area contributed by atoms with Crippen molar-refractivity contribution in [3.8, 4) is 23.7 Å². The fourth-order valence-electron chi connectivity index (χ4n) is 4.07. The van der Waals surface area contributed by atoms with Crippen molar-refractivity contribution in [1.29, 1.82) is 5.26 Å². The Labute approximate surface area is 234 Å². The molecule has 1 amide bonds. The molecule has 40 heavy (non-hydrogen) atoms. The minimum Gasteiger partial charge on any atom is -0.493 e. The quantitative estimate of drug-likeness (QED) is 0.290. The number of carbonyl (C=O) groups is 2. The number of ether oxygens (including phenoxy) is 1. The molecule has 0 aliphatic carbocycles. The third-order valence-electron chi connectivity index (χ3n) is 6.22. The van der Waals surface area contributed by atoms with Gasteiger partial charge in [-0.1, -0.05) is 25.7 Å². The van der Waals surface area contributed by atoms with E-state index in [0.29, 0.717) is 36.6 Å². The highest BCUT2D eigenvalue weighted by Gasteiger charge is 2.33. The first kappa shape index (κ1) is 30.4. The number of carboxylic acids is 1. The molecule has 1 saturated heterocycles. The van der Waals surface area contributed by atoms with Gasteiger partial charge in [0.25, 0.3) is 16.1 Å². The number of hydrogen-bond donors (Lipinski definition) is 3. The minimum atomic E-state index is -3.93. The van der Waals surface area contributed by atoms with Crippen molar-refractivity contribution in [3.05, 3.63) is 59.2 Å². The lowest BCUT2D eigenvalue weighted by Gasteiger charge is -2.36. The van der Waals surface area contributed by atoms with Crippen molar-refractivity contribution in [2.45, 2.75) is 26.8 Å². The normalized spacial score (nSPS) is 14.5. The molecule has 1 aliphatic heterocycles. The number of hydrogen-bond acceptors (Lipinski definition) is 7. The Morgan fingerprint density at radius 2 is 1.68 bits per heavy atom. The maximum atomic E-state index is 12.7. The Morgan fingerprint density at radius 3 is 2.25 bits per heavy atom. The molecular weight excluding hydrogens is 534 g/mol. The van der Waals surface area contributed by atoms with Gasteiger partial charge in [0, 0.05) is 43.0 Å². The molecule has 1 heterocycles. The van der Waals surface area contributed by atoms with Crippen molar-refractivity contribution >= 4 is 27.8 Å². The van der Waals surface area contributed by atoms with Gasteiger partial charge in [0.1, 0.15) is 18.3 Å². The van der Waals surface area contributed by atoms with Gasteiger partial charge in [0.05, 0.1) is 18.2 Å². The van der Waals surface area contributed by atoms with Crippen LogP contribution < -0.4 is 19.7 Å². The Morgan fingerprint density at radius 1 is 1.05 bits per heavy atom. The fourth-order valence-corrected chi connectivity index (χ4v) is 5.56. The highest BCUT2D eigenvalue weighted by Crippen LogP contribution is 2.21. The van der Waals surface area contributed by atoms with Gasteiger partial charge in [-0.2, -0.15) is 22.7 Å². The maximum absolute atomic E-state index is 12.7. The molecule has 1 atom stereocenters. The first-order valence-electron chi connectivity index (χ1n) is 12.8. The summed E-state index contributed by atoms with van der Waals surface area (Å²) in [6, 6.07) is 13.3. The van der Waals surface area contributed by atoms with Gasteiger partial charge in [-0.25, -0.2) is 0 Å². The summed E-state index contributed by atoms with van der Waals surface area (Å²) in [7, 11) is -3.93. The maximum Gasteiger partial charge on any atom is 0.322 e. The summed E-state index contributed by atoms with van der Waals surface area (Å²) in [6.07, 6.45) is 0. The van der Waals surface area contributed by atoms with Crippen LogP contribution in [0.1, 0.15) is 42.3 Å². The zero-order valence-corrected chi connectivity index (χ0v) is 23.5. The SMILES string of the molecule is CCOc1ccc(C#Cc2ccc(N3CCN(S(=O)(=O)NC(C(=O)O)C(C)C)CC3)cc2)cc1C(=O)NCC#N. The second kappa shape index (κ2) is 13.8. The van der Waals surface area contributed by atoms with E-state index in [2.05, 4.69) is 26.8 Å². The van der Waals surface area contributed by atoms with E-state index in [4.69, 9.17) is 10.00 Å². The monoisotopic (exact) mass is 567 g/mol. The molecule has 0 radical (unpaired) electrons. The van der Waals surface area contributed by atoms with Crippen LogP contribution in [0, 0.1) is 29.1 Å². The van der Waals surface area contributed by atoms with E-state index >= 15 is 0 Å². The van der Waals surface area contributed by atoms with Gasteiger partial charge in [0.2, 0.25) is 0 Å². The van der Waals surface area contributed by atoms with Gasteiger partial charge >= 0.3 is 5.97 Å². The smallest absolute Gasteiger partial charge is 0.322 e. The molecule has 3 N–H and O–H groups in total. The second-order valence-corrected chi connectivity index (χ2v) is 11.1. The number of aliphatic carboxylic acids is 1.